The van der Waals surface area contributed by atoms with Crippen LogP contribution in [0.2, 0.25) is 0 Å². The number of ether oxygens (including phenoxy) is 13. The third-order valence-corrected chi connectivity index (χ3v) is 16.8. The van der Waals surface area contributed by atoms with Crippen LogP contribution in [0.3, 0.4) is 0 Å². The number of carboxylic acids is 1. The van der Waals surface area contributed by atoms with Gasteiger partial charge in [0.25, 0.3) is 5.79 Å². The molecule has 46 heteroatoms. The van der Waals surface area contributed by atoms with Crippen LogP contribution in [-0.2, 0) is 84.6 Å². The molecule has 0 aromatic heterocycles. The van der Waals surface area contributed by atoms with Gasteiger partial charge in [-0.1, -0.05) is 0 Å². The summed E-state index contributed by atoms with van der Waals surface area (Å²) in [4.78, 5) is 52.8. The Labute approximate surface area is 505 Å². The number of hydrogen-bond acceptors (Lipinski definition) is 39. The van der Waals surface area contributed by atoms with Gasteiger partial charge in [0.05, 0.1) is 64.4 Å². The molecule has 0 saturated carbocycles. The summed E-state index contributed by atoms with van der Waals surface area (Å²) < 4.78 is 106. The van der Waals surface area contributed by atoms with E-state index in [0.29, 0.717) is 0 Å². The molecule has 7 fully saturated rings. The maximum absolute atomic E-state index is 13.2. The summed E-state index contributed by atoms with van der Waals surface area (Å²) in [5.74, 6) is -5.44. The van der Waals surface area contributed by atoms with Crippen molar-refractivity contribution < 1.29 is 206 Å². The Hall–Kier alpha value is -1.67. The van der Waals surface area contributed by atoms with Crippen LogP contribution in [0.25, 0.3) is 0 Å². The zero-order chi connectivity index (χ0) is 67.0. The summed E-state index contributed by atoms with van der Waals surface area (Å²) in [7, 11) is -11.5. The number of aliphatic hydroxyl groups excluding tert-OH is 19. The molecule has 0 radical (unpaired) electrons. The van der Waals surface area contributed by atoms with Crippen molar-refractivity contribution in [1.29, 1.82) is 0 Å². The minimum atomic E-state index is -5.91. The lowest BCUT2D eigenvalue weighted by Gasteiger charge is -2.50. The van der Waals surface area contributed by atoms with E-state index >= 15 is 0 Å². The van der Waals surface area contributed by atoms with Crippen LogP contribution in [0, 0.1) is 0 Å². The number of nitrogens with two attached hydrogens (primary N) is 2. The number of phosphoric acid groups is 2. The van der Waals surface area contributed by atoms with E-state index in [0.717, 1.165) is 0 Å². The maximum Gasteiger partial charge on any atom is 0.470 e. The van der Waals surface area contributed by atoms with Crippen LogP contribution in [0.1, 0.15) is 6.42 Å². The van der Waals surface area contributed by atoms with Crippen molar-refractivity contribution in [2.24, 2.45) is 11.5 Å². The van der Waals surface area contributed by atoms with Crippen molar-refractivity contribution in [2.45, 2.75) is 221 Å². The maximum atomic E-state index is 13.2. The van der Waals surface area contributed by atoms with Gasteiger partial charge in [-0.2, -0.15) is 0 Å². The van der Waals surface area contributed by atoms with E-state index in [9.17, 15) is 136 Å². The fourth-order valence-electron chi connectivity index (χ4n) is 10.9. The molecule has 0 aromatic rings. The molecule has 0 bridgehead atoms. The first-order valence-electron chi connectivity index (χ1n) is 27.3. The number of carboxylic acid groups (broad SMARTS) is 1. The molecular weight excluding hydrogens is 1290 g/mol. The van der Waals surface area contributed by atoms with Gasteiger partial charge in [-0.05, 0) is 0 Å². The van der Waals surface area contributed by atoms with E-state index in [1.54, 1.807) is 0 Å². The number of rotatable bonds is 25. The molecule has 0 amide bonds. The Morgan fingerprint density at radius 3 is 1.39 bits per heavy atom. The Morgan fingerprint density at radius 2 is 0.900 bits per heavy atom. The molecule has 7 aliphatic rings. The highest BCUT2D eigenvalue weighted by Gasteiger charge is 2.61. The minimum Gasteiger partial charge on any atom is -0.477 e. The SMILES string of the molecule is N[C@@H]1[C@@H](O)[C@H](O)[C@@H](CO[C@@H]2O[C@H](CO[C@]3(C(=O)O)C[C@@H](O)[C@@H](O[C@H]4O[C@H](CO)[C@@H](O[C@@H]5O[C@H](CO)[C@@H](O)[C@H](O[C@H]6O[C@H](CO)[C@@H](O)[C@H](O[C@H]7O[C@H](CO)[C@@H](O)[C@H](O)[C@@H]7O)[C@@H]6O)[C@H]5O)[C@H](OP(=O)(O)O)[C@@H]4O)[C@@H]([C@H](O)CO)O3)[C@@H](OP(=O)(O)O)[C@H](O)[C@H]2N)O[C@@H]1O. The molecule has 7 heterocycles. The average Bonchev–Trinajstić information content (AvgIpc) is 0.778. The average molecular weight is 1370 g/mol. The molecule has 7 aliphatic heterocycles. The zero-order valence-electron chi connectivity index (χ0n) is 46.4. The minimum absolute atomic E-state index is 0.810. The van der Waals surface area contributed by atoms with Crippen molar-refractivity contribution >= 4 is 21.6 Å². The van der Waals surface area contributed by atoms with E-state index < -0.39 is 289 Å². The smallest absolute Gasteiger partial charge is 0.470 e. The van der Waals surface area contributed by atoms with Gasteiger partial charge in [-0.25, -0.2) is 13.9 Å². The van der Waals surface area contributed by atoms with Gasteiger partial charge < -0.3 is 195 Å². The van der Waals surface area contributed by atoms with Gasteiger partial charge in [0.1, 0.15) is 153 Å². The lowest BCUT2D eigenvalue weighted by molar-refractivity contribution is -0.395. The number of aliphatic hydroxyl groups is 19. The Balaban J connectivity index is 1.09. The van der Waals surface area contributed by atoms with Crippen LogP contribution in [-0.4, -0.2) is 388 Å². The van der Waals surface area contributed by atoms with Gasteiger partial charge in [-0.3, -0.25) is 9.05 Å². The van der Waals surface area contributed by atoms with Crippen molar-refractivity contribution in [2.75, 3.05) is 46.2 Å². The van der Waals surface area contributed by atoms with Crippen LogP contribution >= 0.6 is 15.6 Å². The molecule has 7 rings (SSSR count). The monoisotopic (exact) mass is 1370 g/mol. The van der Waals surface area contributed by atoms with Crippen LogP contribution in [0.4, 0.5) is 0 Å². The van der Waals surface area contributed by atoms with Crippen LogP contribution in [0.5, 0.6) is 0 Å². The van der Waals surface area contributed by atoms with E-state index in [-0.39, 0.29) is 0 Å². The largest absolute Gasteiger partial charge is 0.477 e. The summed E-state index contributed by atoms with van der Waals surface area (Å²) in [6.45, 7) is -8.04. The Kier molecular flexibility index (Phi) is 26.3. The predicted octanol–water partition coefficient (Wildman–Crippen LogP) is -16.3. The van der Waals surface area contributed by atoms with Gasteiger partial charge >= 0.3 is 21.6 Å². The van der Waals surface area contributed by atoms with Crippen molar-refractivity contribution in [3.63, 3.8) is 0 Å². The molecule has 526 valence electrons. The number of carbonyl (C=O) groups is 1. The summed E-state index contributed by atoms with van der Waals surface area (Å²) in [5.41, 5.74) is 11.6. The number of aliphatic carboxylic acids is 1. The first-order chi connectivity index (χ1) is 42.0. The van der Waals surface area contributed by atoms with E-state index in [2.05, 4.69) is 0 Å². The fourth-order valence-corrected chi connectivity index (χ4v) is 12.0. The third-order valence-electron chi connectivity index (χ3n) is 15.8. The molecule has 0 aromatic carbocycles. The second kappa shape index (κ2) is 31.2. The standard InChI is InChI=1S/C44H78N2O42P2/c45-17-23(58)20(55)15(76-37(17)65)7-74-38-18(46)24(59)32(87-89(68,69)70)16(81-38)8-75-44(43(66)67)1-9(52)30(31(86-44)10(53)2-47)82-42-29(64)36(88-90(71,72)73)33(14(6-51)80-42)83-40-27(62)35(22(57)12(4-49)78-40)85-41-28(63)34(21(56)13(5-50)79-41)84-39-26(61)25(60)19(54)11(3-48)77-39/h9-42,47-65H,1-8,45-46H2,(H,66,67)(H2,68,69,70)(H2,71,72,73)/t9-,10-,11-,12-,13-,14-,15-,16-,17-,18-,19-,20-,21-,22-,23-,24-,25+,26+,27-,28+,29+,30-,31-,32-,33-,34+,35+,36-,37+,38-,39-,40+,41-,42-,44-/m1/s1. The molecule has 0 spiro atoms. The fraction of sp³-hybridized carbons (Fsp3) is 0.977. The highest BCUT2D eigenvalue weighted by Crippen LogP contribution is 2.46. The summed E-state index contributed by atoms with van der Waals surface area (Å²) in [6, 6.07) is -3.29. The van der Waals surface area contributed by atoms with Gasteiger partial charge in [0.15, 0.2) is 37.7 Å². The topological polar surface area (TPSA) is 727 Å². The number of phosphoric ester groups is 2. The Morgan fingerprint density at radius 1 is 0.467 bits per heavy atom. The van der Waals surface area contributed by atoms with Crippen LogP contribution in [0.15, 0.2) is 0 Å². The highest BCUT2D eigenvalue weighted by atomic mass is 31.2. The Bertz CT molecular complexity index is 2370. The summed E-state index contributed by atoms with van der Waals surface area (Å²) >= 11 is 0. The van der Waals surface area contributed by atoms with Gasteiger partial charge in [0.2, 0.25) is 0 Å². The van der Waals surface area contributed by atoms with Crippen LogP contribution < -0.4 is 11.5 Å². The zero-order valence-corrected chi connectivity index (χ0v) is 48.2. The lowest BCUT2D eigenvalue weighted by Crippen LogP contribution is -2.69. The van der Waals surface area contributed by atoms with Gasteiger partial charge in [-0.15, -0.1) is 0 Å². The molecule has 0 unspecified atom stereocenters. The lowest BCUT2D eigenvalue weighted by atomic mass is 9.91. The highest BCUT2D eigenvalue weighted by molar-refractivity contribution is 7.46. The van der Waals surface area contributed by atoms with Crippen molar-refractivity contribution in [1.82, 2.24) is 0 Å². The second-order valence-electron chi connectivity index (χ2n) is 21.9. The van der Waals surface area contributed by atoms with E-state index in [1.807, 2.05) is 0 Å². The normalized spacial score (nSPS) is 48.7. The van der Waals surface area contributed by atoms with E-state index in [4.69, 9.17) is 82.1 Å². The number of hydrogen-bond donors (Lipinski definition) is 26. The summed E-state index contributed by atoms with van der Waals surface area (Å²) in [6.07, 6.45) is -69.5. The quantitative estimate of drug-likeness (QED) is 0.0377. The molecule has 90 heavy (non-hydrogen) atoms. The second-order valence-corrected chi connectivity index (χ2v) is 24.3. The first kappa shape index (κ1) is 75.7. The molecular formula is C44H78N2O42P2. The predicted molar refractivity (Wildman–Crippen MR) is 269 cm³/mol. The molecule has 0 aliphatic carbocycles. The van der Waals surface area contributed by atoms with Gasteiger partial charge in [0, 0.05) is 6.42 Å². The first-order valence-corrected chi connectivity index (χ1v) is 30.4. The van der Waals surface area contributed by atoms with E-state index in [1.165, 1.54) is 0 Å². The summed E-state index contributed by atoms with van der Waals surface area (Å²) in [5, 5.41) is 214. The van der Waals surface area contributed by atoms with Crippen molar-refractivity contribution in [3.8, 4) is 0 Å². The van der Waals surface area contributed by atoms with Crippen molar-refractivity contribution in [3.05, 3.63) is 0 Å². The third kappa shape index (κ3) is 16.8. The molecule has 35 atom stereocenters. The molecule has 44 nitrogen and oxygen atoms in total. The molecule has 28 N–H and O–H groups in total. The molecule has 7 saturated heterocycles.